The number of carbonyl (C=O) groups excluding carboxylic acids is 2. The monoisotopic (exact) mass is 295 g/mol. The Morgan fingerprint density at radius 2 is 1.38 bits per heavy atom. The van der Waals surface area contributed by atoms with Gasteiger partial charge in [0.15, 0.2) is 0 Å². The number of hydrazine groups is 1. The van der Waals surface area contributed by atoms with Gasteiger partial charge in [0, 0.05) is 14.1 Å². The number of nitrogens with zero attached hydrogens (tertiary/aromatic N) is 1. The van der Waals surface area contributed by atoms with Crippen molar-refractivity contribution in [2.75, 3.05) is 14.1 Å². The normalized spacial score (nSPS) is 10.2. The number of hydrogen-bond donors (Lipinski definition) is 4. The minimum absolute atomic E-state index is 0.366. The van der Waals surface area contributed by atoms with Gasteiger partial charge in [0.1, 0.15) is 0 Å². The molecule has 0 radical (unpaired) electrons. The summed E-state index contributed by atoms with van der Waals surface area (Å²) >= 11 is 0. The Morgan fingerprint density at radius 1 is 0.952 bits per heavy atom. The maximum atomic E-state index is 11.9. The van der Waals surface area contributed by atoms with Gasteiger partial charge in [0.2, 0.25) is 5.91 Å². The van der Waals surface area contributed by atoms with Crippen LogP contribution in [0.5, 0.6) is 0 Å². The summed E-state index contributed by atoms with van der Waals surface area (Å²) < 4.78 is 0. The lowest BCUT2D eigenvalue weighted by atomic mass is 9.97. The van der Waals surface area contributed by atoms with Crippen molar-refractivity contribution in [3.8, 4) is 0 Å². The van der Waals surface area contributed by atoms with E-state index in [0.29, 0.717) is 0 Å². The highest BCUT2D eigenvalue weighted by atomic mass is 16.4. The van der Waals surface area contributed by atoms with E-state index < -0.39 is 40.4 Å². The molecule has 5 N–H and O–H groups in total. The Morgan fingerprint density at radius 3 is 1.76 bits per heavy atom. The van der Waals surface area contributed by atoms with Crippen molar-refractivity contribution < 1.29 is 29.4 Å². The Kier molecular flexibility index (Phi) is 4.61. The topological polar surface area (TPSA) is 150 Å². The average molecular weight is 295 g/mol. The molecule has 9 heteroatoms. The van der Waals surface area contributed by atoms with Gasteiger partial charge < -0.3 is 15.9 Å². The number of aromatic carboxylic acids is 2. The summed E-state index contributed by atoms with van der Waals surface area (Å²) in [4.78, 5) is 45.4. The average Bonchev–Trinajstić information content (AvgIpc) is 2.35. The molecule has 21 heavy (non-hydrogen) atoms. The summed E-state index contributed by atoms with van der Waals surface area (Å²) in [5, 5.41) is 19.3. The predicted molar refractivity (Wildman–Crippen MR) is 70.0 cm³/mol. The Balaban J connectivity index is 3.58. The van der Waals surface area contributed by atoms with Crippen LogP contribution in [0.15, 0.2) is 12.1 Å². The van der Waals surface area contributed by atoms with E-state index in [9.17, 15) is 19.2 Å². The minimum Gasteiger partial charge on any atom is -0.478 e. The van der Waals surface area contributed by atoms with Gasteiger partial charge >= 0.3 is 11.9 Å². The first-order chi connectivity index (χ1) is 9.65. The lowest BCUT2D eigenvalue weighted by Crippen LogP contribution is -2.37. The molecule has 0 aliphatic heterocycles. The number of nitrogens with two attached hydrogens (primary N) is 1. The number of rotatable bonds is 5. The quantitative estimate of drug-likeness (QED) is 0.529. The van der Waals surface area contributed by atoms with E-state index in [2.05, 4.69) is 5.43 Å². The summed E-state index contributed by atoms with van der Waals surface area (Å²) in [6.45, 7) is 0. The second-order valence-electron chi connectivity index (χ2n) is 4.25. The maximum Gasteiger partial charge on any atom is 0.336 e. The minimum atomic E-state index is -1.52. The van der Waals surface area contributed by atoms with E-state index in [0.717, 1.165) is 12.1 Å². The summed E-state index contributed by atoms with van der Waals surface area (Å²) in [5.74, 6) is -4.91. The van der Waals surface area contributed by atoms with Crippen molar-refractivity contribution >= 4 is 23.8 Å². The van der Waals surface area contributed by atoms with E-state index in [4.69, 9.17) is 15.9 Å². The third-order valence-corrected chi connectivity index (χ3v) is 2.45. The molecule has 0 bridgehead atoms. The zero-order valence-corrected chi connectivity index (χ0v) is 11.2. The van der Waals surface area contributed by atoms with Crippen molar-refractivity contribution in [1.82, 2.24) is 10.4 Å². The standard InChI is InChI=1S/C12H13N3O6/c1-15(2)14-10(17)6-3-5(9(13)16)7(11(18)19)4-8(6)12(20)21/h3-4H,1-2H3,(H2,13,16)(H,14,17)(H,18,19)(H,20,21). The maximum absolute atomic E-state index is 11.9. The largest absolute Gasteiger partial charge is 0.478 e. The Hall–Kier alpha value is -2.94. The molecule has 0 heterocycles. The number of carboxylic acids is 2. The van der Waals surface area contributed by atoms with Gasteiger partial charge in [0.05, 0.1) is 22.3 Å². The van der Waals surface area contributed by atoms with Crippen LogP contribution >= 0.6 is 0 Å². The number of benzene rings is 1. The zero-order chi connectivity index (χ0) is 16.3. The van der Waals surface area contributed by atoms with E-state index >= 15 is 0 Å². The number of primary amides is 1. The van der Waals surface area contributed by atoms with Crippen molar-refractivity contribution in [3.63, 3.8) is 0 Å². The van der Waals surface area contributed by atoms with Crippen LogP contribution < -0.4 is 11.2 Å². The molecule has 0 saturated heterocycles. The number of nitrogens with one attached hydrogen (secondary N) is 1. The molecule has 0 spiro atoms. The number of carboxylic acid groups (broad SMARTS) is 2. The smallest absolute Gasteiger partial charge is 0.336 e. The Bertz CT molecular complexity index is 638. The fourth-order valence-corrected chi connectivity index (χ4v) is 1.61. The van der Waals surface area contributed by atoms with Gasteiger partial charge in [-0.05, 0) is 12.1 Å². The highest BCUT2D eigenvalue weighted by Crippen LogP contribution is 2.18. The third-order valence-electron chi connectivity index (χ3n) is 2.45. The van der Waals surface area contributed by atoms with E-state index in [-0.39, 0.29) is 5.56 Å². The molecule has 9 nitrogen and oxygen atoms in total. The van der Waals surface area contributed by atoms with E-state index in [1.54, 1.807) is 0 Å². The van der Waals surface area contributed by atoms with Crippen LogP contribution in [0.25, 0.3) is 0 Å². The first-order valence-electron chi connectivity index (χ1n) is 5.58. The first kappa shape index (κ1) is 16.1. The number of hydrogen-bond acceptors (Lipinski definition) is 5. The number of amides is 2. The lowest BCUT2D eigenvalue weighted by Gasteiger charge is -2.14. The van der Waals surface area contributed by atoms with Crippen LogP contribution in [0.2, 0.25) is 0 Å². The van der Waals surface area contributed by atoms with Crippen molar-refractivity contribution in [3.05, 3.63) is 34.4 Å². The first-order valence-corrected chi connectivity index (χ1v) is 5.58. The van der Waals surface area contributed by atoms with Crippen molar-refractivity contribution in [1.29, 1.82) is 0 Å². The lowest BCUT2D eigenvalue weighted by molar-refractivity contribution is 0.0684. The van der Waals surface area contributed by atoms with E-state index in [1.165, 1.54) is 19.1 Å². The molecular weight excluding hydrogens is 282 g/mol. The van der Waals surface area contributed by atoms with Crippen LogP contribution in [0.3, 0.4) is 0 Å². The molecule has 0 aliphatic carbocycles. The molecule has 0 aliphatic rings. The fraction of sp³-hybridized carbons (Fsp3) is 0.167. The summed E-state index contributed by atoms with van der Waals surface area (Å²) in [6, 6.07) is 1.59. The van der Waals surface area contributed by atoms with Gasteiger partial charge in [-0.1, -0.05) is 0 Å². The Labute approximate surface area is 118 Å². The van der Waals surface area contributed by atoms with Crippen LogP contribution in [-0.2, 0) is 0 Å². The second kappa shape index (κ2) is 6.01. The van der Waals surface area contributed by atoms with Crippen LogP contribution in [-0.4, -0.2) is 53.1 Å². The summed E-state index contributed by atoms with van der Waals surface area (Å²) in [7, 11) is 3.00. The van der Waals surface area contributed by atoms with Crippen LogP contribution in [0.4, 0.5) is 0 Å². The van der Waals surface area contributed by atoms with Crippen LogP contribution in [0, 0.1) is 0 Å². The van der Waals surface area contributed by atoms with Crippen LogP contribution in [0.1, 0.15) is 41.4 Å². The molecule has 0 unspecified atom stereocenters. The molecular formula is C12H13N3O6. The van der Waals surface area contributed by atoms with Crippen molar-refractivity contribution in [2.45, 2.75) is 0 Å². The SMILES string of the molecule is CN(C)NC(=O)c1cc(C(N)=O)c(C(=O)O)cc1C(=O)O. The van der Waals surface area contributed by atoms with Gasteiger partial charge in [-0.25, -0.2) is 14.6 Å². The fourth-order valence-electron chi connectivity index (χ4n) is 1.61. The molecule has 112 valence electrons. The second-order valence-corrected chi connectivity index (χ2v) is 4.25. The van der Waals surface area contributed by atoms with Gasteiger partial charge in [-0.3, -0.25) is 15.0 Å². The molecule has 0 fully saturated rings. The molecule has 1 aromatic rings. The molecule has 0 aromatic heterocycles. The number of carbonyl (C=O) groups is 4. The summed E-state index contributed by atoms with van der Waals surface area (Å²) in [5.41, 5.74) is 5.42. The molecule has 0 atom stereocenters. The van der Waals surface area contributed by atoms with Gasteiger partial charge in [-0.15, -0.1) is 0 Å². The predicted octanol–water partition coefficient (Wildman–Crippen LogP) is -0.612. The van der Waals surface area contributed by atoms with E-state index in [1.807, 2.05) is 0 Å². The molecule has 1 rings (SSSR count). The molecule has 1 aromatic carbocycles. The highest BCUT2D eigenvalue weighted by molar-refractivity contribution is 6.11. The molecule has 0 saturated carbocycles. The zero-order valence-electron chi connectivity index (χ0n) is 11.2. The van der Waals surface area contributed by atoms with Gasteiger partial charge in [-0.2, -0.15) is 0 Å². The highest BCUT2D eigenvalue weighted by Gasteiger charge is 2.24. The third kappa shape index (κ3) is 3.54. The molecule has 2 amide bonds. The van der Waals surface area contributed by atoms with Gasteiger partial charge in [0.25, 0.3) is 5.91 Å². The summed E-state index contributed by atoms with van der Waals surface area (Å²) in [6.07, 6.45) is 0. The van der Waals surface area contributed by atoms with Crippen molar-refractivity contribution in [2.24, 2.45) is 5.73 Å².